The zero-order valence-electron chi connectivity index (χ0n) is 12.8. The highest BCUT2D eigenvalue weighted by Crippen LogP contribution is 2.33. The van der Waals surface area contributed by atoms with Crippen molar-refractivity contribution in [2.75, 3.05) is 12.4 Å². The second-order valence-corrected chi connectivity index (χ2v) is 5.97. The number of ether oxygens (including phenoxy) is 1. The number of aromatic amines is 1. The molecule has 0 saturated heterocycles. The van der Waals surface area contributed by atoms with Crippen molar-refractivity contribution in [2.45, 2.75) is 0 Å². The van der Waals surface area contributed by atoms with E-state index >= 15 is 0 Å². The van der Waals surface area contributed by atoms with Gasteiger partial charge in [0.15, 0.2) is 9.96 Å². The van der Waals surface area contributed by atoms with E-state index in [2.05, 4.69) is 20.5 Å². The van der Waals surface area contributed by atoms with Crippen molar-refractivity contribution >= 4 is 49.5 Å². The minimum Gasteiger partial charge on any atom is -0.497 e. The van der Waals surface area contributed by atoms with Crippen LogP contribution in [-0.4, -0.2) is 22.3 Å². The highest BCUT2D eigenvalue weighted by Gasteiger charge is 2.13. The van der Waals surface area contributed by atoms with Gasteiger partial charge in [-0.25, -0.2) is 4.98 Å². The molecule has 2 aromatic heterocycles. The lowest BCUT2D eigenvalue weighted by atomic mass is 10.1. The van der Waals surface area contributed by atoms with Gasteiger partial charge < -0.3 is 10.1 Å². The molecule has 2 N–H and O–H groups in total. The molecule has 122 valence electrons. The highest BCUT2D eigenvalue weighted by atomic mass is 79.9. The van der Waals surface area contributed by atoms with Crippen molar-refractivity contribution in [3.8, 4) is 17.0 Å². The molecule has 7 heteroatoms. The molecule has 24 heavy (non-hydrogen) atoms. The van der Waals surface area contributed by atoms with E-state index in [0.29, 0.717) is 0 Å². The third-order valence-corrected chi connectivity index (χ3v) is 4.38. The Hall–Kier alpha value is -2.38. The SMILES string of the molecule is Br.COc1ccc(Nc2nc3c(-c4ccccc4)[nH]nc3s2)cc1. The van der Waals surface area contributed by atoms with E-state index < -0.39 is 0 Å². The van der Waals surface area contributed by atoms with Crippen LogP contribution < -0.4 is 10.1 Å². The molecule has 0 fully saturated rings. The lowest BCUT2D eigenvalue weighted by Crippen LogP contribution is -1.90. The van der Waals surface area contributed by atoms with Gasteiger partial charge in [-0.3, -0.25) is 5.10 Å². The molecule has 0 saturated carbocycles. The number of benzene rings is 2. The number of methoxy groups -OCH3 is 1. The molecule has 2 aromatic carbocycles. The first kappa shape index (κ1) is 16.5. The molecule has 0 spiro atoms. The monoisotopic (exact) mass is 402 g/mol. The maximum atomic E-state index is 5.16. The van der Waals surface area contributed by atoms with Crippen molar-refractivity contribution in [2.24, 2.45) is 0 Å². The molecule has 0 unspecified atom stereocenters. The van der Waals surface area contributed by atoms with Gasteiger partial charge in [0.05, 0.1) is 12.8 Å². The van der Waals surface area contributed by atoms with Crippen molar-refractivity contribution in [1.82, 2.24) is 15.2 Å². The summed E-state index contributed by atoms with van der Waals surface area (Å²) in [6.45, 7) is 0. The van der Waals surface area contributed by atoms with Gasteiger partial charge in [0.25, 0.3) is 0 Å². The minimum atomic E-state index is 0. The Kier molecular flexibility index (Phi) is 4.82. The number of halogens is 1. The van der Waals surface area contributed by atoms with Crippen molar-refractivity contribution in [1.29, 1.82) is 0 Å². The Labute approximate surface area is 153 Å². The van der Waals surface area contributed by atoms with Crippen LogP contribution in [0.5, 0.6) is 5.75 Å². The van der Waals surface area contributed by atoms with E-state index in [1.807, 2.05) is 54.6 Å². The fourth-order valence-corrected chi connectivity index (χ4v) is 3.19. The first-order valence-corrected chi connectivity index (χ1v) is 7.96. The maximum absolute atomic E-state index is 5.16. The Morgan fingerprint density at radius 2 is 1.79 bits per heavy atom. The molecular formula is C17H15BrN4OS. The molecule has 0 amide bonds. The molecule has 5 nitrogen and oxygen atoms in total. The van der Waals surface area contributed by atoms with E-state index in [1.165, 1.54) is 11.3 Å². The third kappa shape index (κ3) is 3.13. The standard InChI is InChI=1S/C17H14N4OS.BrH/c1-22-13-9-7-12(8-10-13)18-17-19-15-14(20-21-16(15)23-17)11-5-3-2-4-6-11;/h2-10H,1H3,(H,18,19)(H,20,21);1H. The summed E-state index contributed by atoms with van der Waals surface area (Å²) in [4.78, 5) is 5.56. The third-order valence-electron chi connectivity index (χ3n) is 3.52. The van der Waals surface area contributed by atoms with Crippen molar-refractivity contribution in [3.63, 3.8) is 0 Å². The van der Waals surface area contributed by atoms with Crippen LogP contribution in [0.15, 0.2) is 54.6 Å². The van der Waals surface area contributed by atoms with E-state index in [-0.39, 0.29) is 17.0 Å². The van der Waals surface area contributed by atoms with Gasteiger partial charge in [-0.2, -0.15) is 5.10 Å². The summed E-state index contributed by atoms with van der Waals surface area (Å²) in [7, 11) is 1.66. The van der Waals surface area contributed by atoms with Crippen LogP contribution >= 0.6 is 28.3 Å². The second-order valence-electron chi connectivity index (χ2n) is 4.99. The van der Waals surface area contributed by atoms with Gasteiger partial charge in [0.1, 0.15) is 11.3 Å². The number of thiazole rings is 1. The quantitative estimate of drug-likeness (QED) is 0.503. The lowest BCUT2D eigenvalue weighted by molar-refractivity contribution is 0.415. The second kappa shape index (κ2) is 7.02. The predicted molar refractivity (Wildman–Crippen MR) is 104 cm³/mol. The molecule has 4 aromatic rings. The van der Waals surface area contributed by atoms with E-state index in [1.54, 1.807) is 7.11 Å². The molecule has 0 aliphatic carbocycles. The minimum absolute atomic E-state index is 0. The number of anilines is 2. The van der Waals surface area contributed by atoms with Gasteiger partial charge in [-0.15, -0.1) is 17.0 Å². The summed E-state index contributed by atoms with van der Waals surface area (Å²) in [5.74, 6) is 0.830. The van der Waals surface area contributed by atoms with Crippen molar-refractivity contribution in [3.05, 3.63) is 54.6 Å². The number of nitrogens with zero attached hydrogens (tertiary/aromatic N) is 2. The Morgan fingerprint density at radius 1 is 1.04 bits per heavy atom. The number of nitrogens with one attached hydrogen (secondary N) is 2. The van der Waals surface area contributed by atoms with E-state index in [4.69, 9.17) is 4.74 Å². The highest BCUT2D eigenvalue weighted by molar-refractivity contribution is 8.93. The summed E-state index contributed by atoms with van der Waals surface area (Å²) in [6, 6.07) is 17.8. The molecule has 0 radical (unpaired) electrons. The average molecular weight is 403 g/mol. The zero-order chi connectivity index (χ0) is 15.6. The average Bonchev–Trinajstić information content (AvgIpc) is 3.16. The van der Waals surface area contributed by atoms with Gasteiger partial charge >= 0.3 is 0 Å². The first-order chi connectivity index (χ1) is 11.3. The lowest BCUT2D eigenvalue weighted by Gasteiger charge is -2.03. The molecule has 2 heterocycles. The summed E-state index contributed by atoms with van der Waals surface area (Å²) < 4.78 is 5.16. The fourth-order valence-electron chi connectivity index (χ4n) is 2.37. The van der Waals surface area contributed by atoms with Gasteiger partial charge in [0.2, 0.25) is 0 Å². The Balaban J connectivity index is 0.00000169. The van der Waals surface area contributed by atoms with Crippen LogP contribution in [0.4, 0.5) is 10.8 Å². The van der Waals surface area contributed by atoms with Crippen LogP contribution in [-0.2, 0) is 0 Å². The normalized spacial score (nSPS) is 10.4. The zero-order valence-corrected chi connectivity index (χ0v) is 15.3. The van der Waals surface area contributed by atoms with Crippen LogP contribution in [0.2, 0.25) is 0 Å². The number of fused-ring (bicyclic) bond motifs is 1. The summed E-state index contributed by atoms with van der Waals surface area (Å²) >= 11 is 1.52. The number of rotatable bonds is 4. The van der Waals surface area contributed by atoms with E-state index in [0.717, 1.165) is 38.2 Å². The summed E-state index contributed by atoms with van der Waals surface area (Å²) in [5.41, 5.74) is 3.88. The largest absolute Gasteiger partial charge is 0.497 e. The van der Waals surface area contributed by atoms with Crippen LogP contribution in [0.25, 0.3) is 21.6 Å². The van der Waals surface area contributed by atoms with Crippen LogP contribution in [0, 0.1) is 0 Å². The topological polar surface area (TPSA) is 62.8 Å². The number of hydrogen-bond donors (Lipinski definition) is 2. The summed E-state index contributed by atoms with van der Waals surface area (Å²) in [6.07, 6.45) is 0. The molecule has 0 aliphatic rings. The molecular weight excluding hydrogens is 388 g/mol. The molecule has 0 atom stereocenters. The first-order valence-electron chi connectivity index (χ1n) is 7.15. The molecule has 0 bridgehead atoms. The number of H-pyrrole nitrogens is 1. The number of hydrogen-bond acceptors (Lipinski definition) is 5. The fraction of sp³-hybridized carbons (Fsp3) is 0.0588. The Bertz CT molecular complexity index is 934. The van der Waals surface area contributed by atoms with Gasteiger partial charge in [0, 0.05) is 11.3 Å². The van der Waals surface area contributed by atoms with Crippen LogP contribution in [0.3, 0.4) is 0 Å². The van der Waals surface area contributed by atoms with Gasteiger partial charge in [-0.1, -0.05) is 41.7 Å². The number of aromatic nitrogens is 3. The Morgan fingerprint density at radius 3 is 2.50 bits per heavy atom. The van der Waals surface area contributed by atoms with Crippen LogP contribution in [0.1, 0.15) is 0 Å². The maximum Gasteiger partial charge on any atom is 0.189 e. The predicted octanol–water partition coefficient (Wildman–Crippen LogP) is 5.02. The smallest absolute Gasteiger partial charge is 0.189 e. The van der Waals surface area contributed by atoms with Crippen molar-refractivity contribution < 1.29 is 4.74 Å². The molecule has 4 rings (SSSR count). The van der Waals surface area contributed by atoms with E-state index in [9.17, 15) is 0 Å². The van der Waals surface area contributed by atoms with Gasteiger partial charge in [-0.05, 0) is 24.3 Å². The molecule has 0 aliphatic heterocycles. The summed E-state index contributed by atoms with van der Waals surface area (Å²) in [5, 5.41) is 11.6.